The third-order valence-corrected chi connectivity index (χ3v) is 3.95. The van der Waals surface area contributed by atoms with Crippen molar-refractivity contribution in [3.05, 3.63) is 42.2 Å². The number of fused-ring (bicyclic) bond motifs is 1. The first-order valence-electron chi connectivity index (χ1n) is 7.08. The molecule has 2 heterocycles. The van der Waals surface area contributed by atoms with Crippen LogP contribution in [0.15, 0.2) is 36.5 Å². The van der Waals surface area contributed by atoms with Crippen LogP contribution in [0.3, 0.4) is 0 Å². The van der Waals surface area contributed by atoms with Gasteiger partial charge in [0.05, 0.1) is 0 Å². The lowest BCUT2D eigenvalue weighted by atomic mass is 10.1. The first kappa shape index (κ1) is 13.1. The molecule has 1 atom stereocenters. The molecule has 104 valence electrons. The molecule has 2 N–H and O–H groups in total. The number of amides is 1. The van der Waals surface area contributed by atoms with E-state index in [1.165, 1.54) is 5.39 Å². The Kier molecular flexibility index (Phi) is 3.65. The number of carbonyl (C=O) groups is 1. The monoisotopic (exact) mass is 269 g/mol. The van der Waals surface area contributed by atoms with Gasteiger partial charge >= 0.3 is 0 Å². The Morgan fingerprint density at radius 2 is 2.10 bits per heavy atom. The molecule has 4 heteroatoms. The van der Waals surface area contributed by atoms with Gasteiger partial charge in [0.1, 0.15) is 0 Å². The molecule has 1 aromatic heterocycles. The highest BCUT2D eigenvalue weighted by molar-refractivity contribution is 5.81. The van der Waals surface area contributed by atoms with E-state index in [1.807, 2.05) is 23.2 Å². The molecule has 0 saturated carbocycles. The predicted octanol–water partition coefficient (Wildman–Crippen LogP) is 1.58. The van der Waals surface area contributed by atoms with Crippen molar-refractivity contribution in [3.63, 3.8) is 0 Å². The zero-order valence-electron chi connectivity index (χ0n) is 11.5. The summed E-state index contributed by atoms with van der Waals surface area (Å²) in [6.07, 6.45) is 3.30. The van der Waals surface area contributed by atoms with Gasteiger partial charge in [0, 0.05) is 43.2 Å². The van der Waals surface area contributed by atoms with Gasteiger partial charge in [-0.1, -0.05) is 24.3 Å². The Morgan fingerprint density at radius 1 is 1.30 bits per heavy atom. The zero-order chi connectivity index (χ0) is 13.9. The van der Waals surface area contributed by atoms with E-state index in [9.17, 15) is 4.79 Å². The van der Waals surface area contributed by atoms with E-state index in [-0.39, 0.29) is 5.91 Å². The van der Waals surface area contributed by atoms with Crippen LogP contribution in [0.5, 0.6) is 0 Å². The fourth-order valence-electron chi connectivity index (χ4n) is 2.74. The summed E-state index contributed by atoms with van der Waals surface area (Å²) in [7, 11) is 0. The van der Waals surface area contributed by atoms with Crippen LogP contribution in [0.25, 0.3) is 10.8 Å². The fraction of sp³-hybridized carbons (Fsp3) is 0.375. The summed E-state index contributed by atoms with van der Waals surface area (Å²) in [5.41, 5.74) is 6.67. The zero-order valence-corrected chi connectivity index (χ0v) is 11.5. The van der Waals surface area contributed by atoms with Crippen LogP contribution in [0.4, 0.5) is 0 Å². The summed E-state index contributed by atoms with van der Waals surface area (Å²) in [5.74, 6) is 0.549. The number of nitrogens with zero attached hydrogens (tertiary/aromatic N) is 2. The molecule has 1 aromatic carbocycles. The number of carbonyl (C=O) groups excluding carboxylic acids is 1. The fourth-order valence-corrected chi connectivity index (χ4v) is 2.74. The normalized spacial score (nSPS) is 18.9. The standard InChI is InChI=1S/C16H19N3O/c17-9-12-7-16(20)19(11-12)6-5-15-8-13-3-1-2-4-14(13)10-18-15/h1-4,8,10,12H,5-7,9,11,17H2. The molecule has 1 aliphatic rings. The number of rotatable bonds is 4. The minimum Gasteiger partial charge on any atom is -0.342 e. The molecule has 1 aliphatic heterocycles. The second-order valence-electron chi connectivity index (χ2n) is 5.42. The molecule has 1 unspecified atom stereocenters. The van der Waals surface area contributed by atoms with E-state index < -0.39 is 0 Å². The van der Waals surface area contributed by atoms with E-state index >= 15 is 0 Å². The van der Waals surface area contributed by atoms with Crippen molar-refractivity contribution in [2.24, 2.45) is 11.7 Å². The number of pyridine rings is 1. The molecular weight excluding hydrogens is 250 g/mol. The number of hydrogen-bond acceptors (Lipinski definition) is 3. The molecule has 2 aromatic rings. The Hall–Kier alpha value is -1.94. The van der Waals surface area contributed by atoms with Gasteiger partial charge in [0.15, 0.2) is 0 Å². The van der Waals surface area contributed by atoms with Crippen molar-refractivity contribution in [1.82, 2.24) is 9.88 Å². The van der Waals surface area contributed by atoms with Gasteiger partial charge in [0.2, 0.25) is 5.91 Å². The van der Waals surface area contributed by atoms with Crippen LogP contribution in [0.2, 0.25) is 0 Å². The maximum Gasteiger partial charge on any atom is 0.222 e. The second-order valence-corrected chi connectivity index (χ2v) is 5.42. The minimum atomic E-state index is 0.223. The van der Waals surface area contributed by atoms with Crippen molar-refractivity contribution < 1.29 is 4.79 Å². The van der Waals surface area contributed by atoms with E-state index in [2.05, 4.69) is 23.2 Å². The van der Waals surface area contributed by atoms with Gasteiger partial charge in [-0.15, -0.1) is 0 Å². The largest absolute Gasteiger partial charge is 0.342 e. The van der Waals surface area contributed by atoms with Crippen LogP contribution in [0, 0.1) is 5.92 Å². The van der Waals surface area contributed by atoms with Crippen LogP contribution in [-0.4, -0.2) is 35.4 Å². The van der Waals surface area contributed by atoms with Crippen molar-refractivity contribution >= 4 is 16.7 Å². The highest BCUT2D eigenvalue weighted by Crippen LogP contribution is 2.18. The van der Waals surface area contributed by atoms with E-state index in [4.69, 9.17) is 5.73 Å². The Labute approximate surface area is 118 Å². The lowest BCUT2D eigenvalue weighted by Crippen LogP contribution is -2.28. The van der Waals surface area contributed by atoms with Gasteiger partial charge in [0.25, 0.3) is 0 Å². The maximum absolute atomic E-state index is 11.8. The third-order valence-electron chi connectivity index (χ3n) is 3.95. The SMILES string of the molecule is NCC1CC(=O)N(CCc2cc3ccccc3cn2)C1. The number of nitrogens with two attached hydrogens (primary N) is 1. The number of aromatic nitrogens is 1. The van der Waals surface area contributed by atoms with E-state index in [0.29, 0.717) is 18.9 Å². The Bertz CT molecular complexity index is 626. The minimum absolute atomic E-state index is 0.223. The van der Waals surface area contributed by atoms with Gasteiger partial charge in [-0.25, -0.2) is 0 Å². The highest BCUT2D eigenvalue weighted by Gasteiger charge is 2.27. The summed E-state index contributed by atoms with van der Waals surface area (Å²) in [5, 5.41) is 2.35. The average molecular weight is 269 g/mol. The quantitative estimate of drug-likeness (QED) is 0.917. The average Bonchev–Trinajstić information content (AvgIpc) is 2.85. The van der Waals surface area contributed by atoms with E-state index in [0.717, 1.165) is 30.6 Å². The lowest BCUT2D eigenvalue weighted by Gasteiger charge is -2.16. The summed E-state index contributed by atoms with van der Waals surface area (Å²) in [4.78, 5) is 18.2. The smallest absolute Gasteiger partial charge is 0.222 e. The van der Waals surface area contributed by atoms with Gasteiger partial charge in [-0.2, -0.15) is 0 Å². The van der Waals surface area contributed by atoms with Gasteiger partial charge < -0.3 is 10.6 Å². The number of benzene rings is 1. The van der Waals surface area contributed by atoms with Crippen LogP contribution < -0.4 is 5.73 Å². The highest BCUT2D eigenvalue weighted by atomic mass is 16.2. The van der Waals surface area contributed by atoms with Gasteiger partial charge in [-0.3, -0.25) is 9.78 Å². The summed E-state index contributed by atoms with van der Waals surface area (Å²) in [6.45, 7) is 2.13. The topological polar surface area (TPSA) is 59.2 Å². The van der Waals surface area contributed by atoms with Crippen molar-refractivity contribution in [3.8, 4) is 0 Å². The third kappa shape index (κ3) is 2.65. The number of likely N-dealkylation sites (tertiary alicyclic amines) is 1. The van der Waals surface area contributed by atoms with Crippen molar-refractivity contribution in [1.29, 1.82) is 0 Å². The first-order chi connectivity index (χ1) is 9.76. The Balaban J connectivity index is 1.66. The van der Waals surface area contributed by atoms with Crippen LogP contribution >= 0.6 is 0 Å². The number of hydrogen-bond donors (Lipinski definition) is 1. The summed E-state index contributed by atoms with van der Waals surface area (Å²) < 4.78 is 0. The molecular formula is C16H19N3O. The van der Waals surface area contributed by atoms with Crippen molar-refractivity contribution in [2.75, 3.05) is 19.6 Å². The molecule has 0 spiro atoms. The van der Waals surface area contributed by atoms with E-state index in [1.54, 1.807) is 0 Å². The molecule has 0 aliphatic carbocycles. The second kappa shape index (κ2) is 5.59. The van der Waals surface area contributed by atoms with Crippen molar-refractivity contribution in [2.45, 2.75) is 12.8 Å². The predicted molar refractivity (Wildman–Crippen MR) is 79.2 cm³/mol. The van der Waals surface area contributed by atoms with Gasteiger partial charge in [-0.05, 0) is 23.9 Å². The molecule has 20 heavy (non-hydrogen) atoms. The van der Waals surface area contributed by atoms with Crippen LogP contribution in [0.1, 0.15) is 12.1 Å². The van der Waals surface area contributed by atoms with Crippen LogP contribution in [-0.2, 0) is 11.2 Å². The lowest BCUT2D eigenvalue weighted by molar-refractivity contribution is -0.127. The molecule has 3 rings (SSSR count). The molecule has 1 amide bonds. The molecule has 1 saturated heterocycles. The Morgan fingerprint density at radius 3 is 2.85 bits per heavy atom. The molecule has 4 nitrogen and oxygen atoms in total. The maximum atomic E-state index is 11.8. The molecule has 0 bridgehead atoms. The summed E-state index contributed by atoms with van der Waals surface area (Å²) in [6, 6.07) is 10.3. The summed E-state index contributed by atoms with van der Waals surface area (Å²) >= 11 is 0. The first-order valence-corrected chi connectivity index (χ1v) is 7.08. The molecule has 0 radical (unpaired) electrons. The molecule has 1 fully saturated rings.